The topological polar surface area (TPSA) is 76.9 Å². The number of carbonyl (C=O) groups is 1. The number of piperazine rings is 1. The van der Waals surface area contributed by atoms with Gasteiger partial charge in [0.15, 0.2) is 6.10 Å². The number of benzene rings is 2. The SMILES string of the molecule is Cc1ccccc1CN1CCN(C(=O)C(O)C(O)c2nc3ccccc3s2)CC1. The smallest absolute Gasteiger partial charge is 0.254 e. The molecule has 0 saturated carbocycles. The fourth-order valence-corrected chi connectivity index (χ4v) is 4.61. The summed E-state index contributed by atoms with van der Waals surface area (Å²) >= 11 is 1.30. The van der Waals surface area contributed by atoms with Crippen LogP contribution in [0, 0.1) is 6.92 Å². The highest BCUT2D eigenvalue weighted by Crippen LogP contribution is 2.28. The number of carbonyl (C=O) groups excluding carboxylic acids is 1. The number of aliphatic hydroxyl groups excluding tert-OH is 2. The number of aryl methyl sites for hydroxylation is 1. The number of aromatic nitrogens is 1. The first kappa shape index (κ1) is 20.0. The minimum Gasteiger partial charge on any atom is -0.383 e. The summed E-state index contributed by atoms with van der Waals surface area (Å²) in [4.78, 5) is 21.0. The minimum absolute atomic E-state index is 0.366. The van der Waals surface area contributed by atoms with E-state index in [1.54, 1.807) is 4.90 Å². The molecule has 2 heterocycles. The van der Waals surface area contributed by atoms with Crippen LogP contribution in [0.25, 0.3) is 10.2 Å². The molecule has 7 heteroatoms. The highest BCUT2D eigenvalue weighted by molar-refractivity contribution is 7.18. The monoisotopic (exact) mass is 411 g/mol. The lowest BCUT2D eigenvalue weighted by molar-refractivity contribution is -0.148. The highest BCUT2D eigenvalue weighted by Gasteiger charge is 2.33. The third-order valence-corrected chi connectivity index (χ3v) is 6.56. The Kier molecular flexibility index (Phi) is 5.91. The van der Waals surface area contributed by atoms with Crippen LogP contribution in [-0.2, 0) is 11.3 Å². The van der Waals surface area contributed by atoms with Crippen molar-refractivity contribution in [1.82, 2.24) is 14.8 Å². The van der Waals surface area contributed by atoms with E-state index in [1.807, 2.05) is 36.4 Å². The molecule has 1 saturated heterocycles. The zero-order chi connectivity index (χ0) is 20.4. The van der Waals surface area contributed by atoms with Crippen molar-refractivity contribution in [2.75, 3.05) is 26.2 Å². The van der Waals surface area contributed by atoms with Gasteiger partial charge in [-0.15, -0.1) is 11.3 Å². The van der Waals surface area contributed by atoms with Crippen molar-refractivity contribution in [2.24, 2.45) is 0 Å². The zero-order valence-electron chi connectivity index (χ0n) is 16.4. The molecule has 29 heavy (non-hydrogen) atoms. The number of thiazole rings is 1. The molecule has 0 bridgehead atoms. The highest BCUT2D eigenvalue weighted by atomic mass is 32.1. The van der Waals surface area contributed by atoms with Crippen LogP contribution in [0.1, 0.15) is 22.2 Å². The van der Waals surface area contributed by atoms with E-state index < -0.39 is 18.1 Å². The summed E-state index contributed by atoms with van der Waals surface area (Å²) in [6, 6.07) is 15.8. The molecular formula is C22H25N3O3S. The van der Waals surface area contributed by atoms with Gasteiger partial charge in [-0.1, -0.05) is 36.4 Å². The Morgan fingerprint density at radius 3 is 2.48 bits per heavy atom. The van der Waals surface area contributed by atoms with Crippen LogP contribution in [0.2, 0.25) is 0 Å². The van der Waals surface area contributed by atoms with E-state index in [9.17, 15) is 15.0 Å². The molecule has 0 radical (unpaired) electrons. The van der Waals surface area contributed by atoms with E-state index in [0.717, 1.165) is 29.9 Å². The second-order valence-corrected chi connectivity index (χ2v) is 8.50. The number of hydrogen-bond acceptors (Lipinski definition) is 6. The van der Waals surface area contributed by atoms with Crippen molar-refractivity contribution in [1.29, 1.82) is 0 Å². The fraction of sp³-hybridized carbons (Fsp3) is 0.364. The molecule has 1 fully saturated rings. The number of rotatable bonds is 5. The van der Waals surface area contributed by atoms with Gasteiger partial charge in [0, 0.05) is 32.7 Å². The van der Waals surface area contributed by atoms with Gasteiger partial charge in [-0.3, -0.25) is 9.69 Å². The van der Waals surface area contributed by atoms with Crippen molar-refractivity contribution in [3.05, 3.63) is 64.7 Å². The van der Waals surface area contributed by atoms with Gasteiger partial charge in [0.25, 0.3) is 5.91 Å². The van der Waals surface area contributed by atoms with Gasteiger partial charge in [-0.2, -0.15) is 0 Å². The third-order valence-electron chi connectivity index (χ3n) is 5.45. The Morgan fingerprint density at radius 1 is 1.07 bits per heavy atom. The summed E-state index contributed by atoms with van der Waals surface area (Å²) in [5, 5.41) is 21.3. The molecule has 1 aliphatic rings. The molecule has 4 rings (SSSR count). The predicted molar refractivity (Wildman–Crippen MR) is 114 cm³/mol. The number of amides is 1. The summed E-state index contributed by atoms with van der Waals surface area (Å²) in [6.45, 7) is 5.51. The molecule has 2 unspecified atom stereocenters. The quantitative estimate of drug-likeness (QED) is 0.674. The lowest BCUT2D eigenvalue weighted by Crippen LogP contribution is -2.52. The Labute approximate surface area is 174 Å². The van der Waals surface area contributed by atoms with Crippen LogP contribution in [0.15, 0.2) is 48.5 Å². The van der Waals surface area contributed by atoms with Gasteiger partial charge in [-0.25, -0.2) is 4.98 Å². The first-order valence-corrected chi connectivity index (χ1v) is 10.6. The Morgan fingerprint density at radius 2 is 1.76 bits per heavy atom. The van der Waals surface area contributed by atoms with Crippen molar-refractivity contribution in [3.63, 3.8) is 0 Å². The summed E-state index contributed by atoms with van der Waals surface area (Å²) < 4.78 is 0.922. The molecule has 1 aliphatic heterocycles. The zero-order valence-corrected chi connectivity index (χ0v) is 17.2. The molecule has 2 aromatic carbocycles. The molecule has 1 amide bonds. The van der Waals surface area contributed by atoms with Crippen LogP contribution in [0.4, 0.5) is 0 Å². The normalized spacial score (nSPS) is 17.4. The maximum atomic E-state index is 12.7. The molecule has 152 valence electrons. The van der Waals surface area contributed by atoms with Gasteiger partial charge in [0.1, 0.15) is 11.1 Å². The van der Waals surface area contributed by atoms with Crippen LogP contribution in [-0.4, -0.2) is 63.2 Å². The standard InChI is InChI=1S/C22H25N3O3S/c1-15-6-2-3-7-16(15)14-24-10-12-25(13-11-24)22(28)20(27)19(26)21-23-17-8-4-5-9-18(17)29-21/h2-9,19-20,26-27H,10-14H2,1H3. The van der Waals surface area contributed by atoms with Gasteiger partial charge >= 0.3 is 0 Å². The van der Waals surface area contributed by atoms with Crippen molar-refractivity contribution < 1.29 is 15.0 Å². The van der Waals surface area contributed by atoms with Crippen molar-refractivity contribution in [2.45, 2.75) is 25.7 Å². The Balaban J connectivity index is 1.35. The number of para-hydroxylation sites is 1. The van der Waals surface area contributed by atoms with Crippen LogP contribution >= 0.6 is 11.3 Å². The van der Waals surface area contributed by atoms with E-state index in [2.05, 4.69) is 28.9 Å². The van der Waals surface area contributed by atoms with Gasteiger partial charge in [0.2, 0.25) is 0 Å². The summed E-state index contributed by atoms with van der Waals surface area (Å²) in [6.07, 6.45) is -2.82. The first-order chi connectivity index (χ1) is 14.0. The van der Waals surface area contributed by atoms with Crippen LogP contribution < -0.4 is 0 Å². The molecule has 1 aromatic heterocycles. The number of nitrogens with zero attached hydrogens (tertiary/aromatic N) is 3. The average Bonchev–Trinajstić information content (AvgIpc) is 3.18. The van der Waals surface area contributed by atoms with Crippen molar-refractivity contribution >= 4 is 27.5 Å². The van der Waals surface area contributed by atoms with Gasteiger partial charge < -0.3 is 15.1 Å². The number of aliphatic hydroxyl groups is 2. The van der Waals surface area contributed by atoms with Crippen LogP contribution in [0.3, 0.4) is 0 Å². The molecule has 0 spiro atoms. The largest absolute Gasteiger partial charge is 0.383 e. The van der Waals surface area contributed by atoms with E-state index in [0.29, 0.717) is 18.1 Å². The lowest BCUT2D eigenvalue weighted by atomic mass is 10.1. The second kappa shape index (κ2) is 8.59. The van der Waals surface area contributed by atoms with Gasteiger partial charge in [0.05, 0.1) is 10.2 Å². The number of fused-ring (bicyclic) bond motifs is 1. The maximum Gasteiger partial charge on any atom is 0.254 e. The first-order valence-electron chi connectivity index (χ1n) is 9.80. The van der Waals surface area contributed by atoms with E-state index in [1.165, 1.54) is 22.5 Å². The molecule has 0 aliphatic carbocycles. The van der Waals surface area contributed by atoms with E-state index >= 15 is 0 Å². The van der Waals surface area contributed by atoms with E-state index in [4.69, 9.17) is 0 Å². The maximum absolute atomic E-state index is 12.7. The van der Waals surface area contributed by atoms with Crippen LogP contribution in [0.5, 0.6) is 0 Å². The summed E-state index contributed by atoms with van der Waals surface area (Å²) in [5.74, 6) is -0.438. The van der Waals surface area contributed by atoms with Gasteiger partial charge in [-0.05, 0) is 30.2 Å². The summed E-state index contributed by atoms with van der Waals surface area (Å²) in [7, 11) is 0. The lowest BCUT2D eigenvalue weighted by Gasteiger charge is -2.36. The molecule has 2 N–H and O–H groups in total. The molecular weight excluding hydrogens is 386 g/mol. The fourth-order valence-electron chi connectivity index (χ4n) is 3.63. The molecule has 3 aromatic rings. The van der Waals surface area contributed by atoms with Crippen molar-refractivity contribution in [3.8, 4) is 0 Å². The number of hydrogen-bond donors (Lipinski definition) is 2. The Bertz CT molecular complexity index is 965. The second-order valence-electron chi connectivity index (χ2n) is 7.44. The van der Waals surface area contributed by atoms with E-state index in [-0.39, 0.29) is 0 Å². The third kappa shape index (κ3) is 4.33. The minimum atomic E-state index is -1.50. The molecule has 6 nitrogen and oxygen atoms in total. The molecule has 2 atom stereocenters. The predicted octanol–water partition coefficient (Wildman–Crippen LogP) is 2.34. The Hall–Kier alpha value is -2.32. The average molecular weight is 412 g/mol. The summed E-state index contributed by atoms with van der Waals surface area (Å²) in [5.41, 5.74) is 3.31.